The van der Waals surface area contributed by atoms with E-state index >= 15 is 0 Å². The SMILES string of the molecule is COC(=O)C(CC(C)C)NC(=O)C(C)(N)C(F)(F)F. The van der Waals surface area contributed by atoms with E-state index in [2.05, 4.69) is 4.74 Å². The minimum atomic E-state index is -4.91. The van der Waals surface area contributed by atoms with Gasteiger partial charge in [-0.15, -0.1) is 0 Å². The van der Waals surface area contributed by atoms with E-state index in [-0.39, 0.29) is 12.3 Å². The first-order valence-corrected chi connectivity index (χ1v) is 5.67. The van der Waals surface area contributed by atoms with Crippen molar-refractivity contribution >= 4 is 11.9 Å². The average molecular weight is 284 g/mol. The zero-order valence-electron chi connectivity index (χ0n) is 11.3. The molecule has 0 saturated heterocycles. The second kappa shape index (κ2) is 6.23. The topological polar surface area (TPSA) is 81.4 Å². The molecule has 1 amide bonds. The molecule has 5 nitrogen and oxygen atoms in total. The third-order valence-electron chi connectivity index (χ3n) is 2.56. The van der Waals surface area contributed by atoms with Gasteiger partial charge < -0.3 is 15.8 Å². The third kappa shape index (κ3) is 4.70. The van der Waals surface area contributed by atoms with Crippen LogP contribution in [0.2, 0.25) is 0 Å². The number of amides is 1. The van der Waals surface area contributed by atoms with Crippen LogP contribution in [0.25, 0.3) is 0 Å². The number of methoxy groups -OCH3 is 1. The Morgan fingerprint density at radius 3 is 2.11 bits per heavy atom. The summed E-state index contributed by atoms with van der Waals surface area (Å²) in [5.41, 5.74) is 1.91. The lowest BCUT2D eigenvalue weighted by molar-refractivity contribution is -0.188. The van der Waals surface area contributed by atoms with Gasteiger partial charge >= 0.3 is 12.1 Å². The van der Waals surface area contributed by atoms with Crippen LogP contribution in [-0.4, -0.2) is 36.7 Å². The molecule has 2 unspecified atom stereocenters. The highest BCUT2D eigenvalue weighted by atomic mass is 19.4. The van der Waals surface area contributed by atoms with Gasteiger partial charge in [-0.3, -0.25) is 4.79 Å². The fraction of sp³-hybridized carbons (Fsp3) is 0.818. The van der Waals surface area contributed by atoms with E-state index in [1.807, 2.05) is 5.32 Å². The number of nitrogens with two attached hydrogens (primary N) is 1. The number of hydrogen-bond acceptors (Lipinski definition) is 4. The highest BCUT2D eigenvalue weighted by Crippen LogP contribution is 2.28. The Morgan fingerprint density at radius 2 is 1.79 bits per heavy atom. The fourth-order valence-corrected chi connectivity index (χ4v) is 1.26. The maximum absolute atomic E-state index is 12.6. The van der Waals surface area contributed by atoms with Gasteiger partial charge in [0.1, 0.15) is 6.04 Å². The first-order chi connectivity index (χ1) is 8.43. The molecule has 0 radical (unpaired) electrons. The molecule has 0 aliphatic carbocycles. The number of alkyl halides is 3. The van der Waals surface area contributed by atoms with Gasteiger partial charge in [0, 0.05) is 0 Å². The highest BCUT2D eigenvalue weighted by molar-refractivity contribution is 5.90. The number of rotatable bonds is 5. The summed E-state index contributed by atoms with van der Waals surface area (Å²) in [7, 11) is 1.09. The van der Waals surface area contributed by atoms with Gasteiger partial charge in [-0.2, -0.15) is 13.2 Å². The molecule has 0 spiro atoms. The third-order valence-corrected chi connectivity index (χ3v) is 2.56. The molecule has 0 heterocycles. The van der Waals surface area contributed by atoms with Gasteiger partial charge in [0.15, 0.2) is 5.54 Å². The minimum absolute atomic E-state index is 0.0145. The van der Waals surface area contributed by atoms with Crippen LogP contribution in [0.3, 0.4) is 0 Å². The molecule has 0 aromatic carbocycles. The van der Waals surface area contributed by atoms with E-state index < -0.39 is 29.6 Å². The summed E-state index contributed by atoms with van der Waals surface area (Å²) in [6.07, 6.45) is -4.75. The Balaban J connectivity index is 4.96. The molecule has 0 aromatic heterocycles. The van der Waals surface area contributed by atoms with Crippen molar-refractivity contribution in [2.75, 3.05) is 7.11 Å². The lowest BCUT2D eigenvalue weighted by Crippen LogP contribution is -2.63. The van der Waals surface area contributed by atoms with E-state index in [4.69, 9.17) is 5.73 Å². The number of halogens is 3. The van der Waals surface area contributed by atoms with Crippen LogP contribution < -0.4 is 11.1 Å². The van der Waals surface area contributed by atoms with Crippen LogP contribution in [0.4, 0.5) is 13.2 Å². The fourth-order valence-electron chi connectivity index (χ4n) is 1.26. The molecule has 19 heavy (non-hydrogen) atoms. The van der Waals surface area contributed by atoms with Crippen LogP contribution >= 0.6 is 0 Å². The van der Waals surface area contributed by atoms with Crippen molar-refractivity contribution in [2.24, 2.45) is 11.7 Å². The smallest absolute Gasteiger partial charge is 0.415 e. The lowest BCUT2D eigenvalue weighted by Gasteiger charge is -2.28. The largest absolute Gasteiger partial charge is 0.467 e. The van der Waals surface area contributed by atoms with Gasteiger partial charge in [-0.25, -0.2) is 4.79 Å². The van der Waals surface area contributed by atoms with Crippen molar-refractivity contribution in [3.63, 3.8) is 0 Å². The van der Waals surface area contributed by atoms with Gasteiger partial charge in [0.25, 0.3) is 0 Å². The molecule has 3 N–H and O–H groups in total. The lowest BCUT2D eigenvalue weighted by atomic mass is 9.99. The maximum Gasteiger partial charge on any atom is 0.415 e. The molecule has 112 valence electrons. The average Bonchev–Trinajstić information content (AvgIpc) is 2.24. The Morgan fingerprint density at radius 1 is 1.32 bits per heavy atom. The number of hydrogen-bond donors (Lipinski definition) is 2. The molecular formula is C11H19F3N2O3. The molecular weight excluding hydrogens is 265 g/mol. The summed E-state index contributed by atoms with van der Waals surface area (Å²) in [4.78, 5) is 23.0. The predicted molar refractivity (Wildman–Crippen MR) is 62.0 cm³/mol. The molecule has 0 saturated carbocycles. The van der Waals surface area contributed by atoms with Gasteiger partial charge in [-0.05, 0) is 19.3 Å². The van der Waals surface area contributed by atoms with Crippen LogP contribution in [-0.2, 0) is 14.3 Å². The summed E-state index contributed by atoms with van der Waals surface area (Å²) in [6.45, 7) is 4.06. The first-order valence-electron chi connectivity index (χ1n) is 5.67. The standard InChI is InChI=1S/C11H19F3N2O3/c1-6(2)5-7(8(17)19-4)16-9(18)10(3,15)11(12,13)14/h6-7H,5,15H2,1-4H3,(H,16,18). The second-order valence-electron chi connectivity index (χ2n) is 4.88. The number of ether oxygens (including phenoxy) is 1. The van der Waals surface area contributed by atoms with E-state index in [1.165, 1.54) is 0 Å². The van der Waals surface area contributed by atoms with Crippen LogP contribution in [0.5, 0.6) is 0 Å². The van der Waals surface area contributed by atoms with E-state index in [0.29, 0.717) is 6.92 Å². The summed E-state index contributed by atoms with van der Waals surface area (Å²) in [5.74, 6) is -2.28. The summed E-state index contributed by atoms with van der Waals surface area (Å²) in [5, 5.41) is 1.99. The van der Waals surface area contributed by atoms with Gasteiger partial charge in [0.05, 0.1) is 7.11 Å². The number of carbonyl (C=O) groups excluding carboxylic acids is 2. The Kier molecular flexibility index (Phi) is 5.80. The second-order valence-corrected chi connectivity index (χ2v) is 4.88. The molecule has 0 aromatic rings. The van der Waals surface area contributed by atoms with E-state index in [1.54, 1.807) is 13.8 Å². The molecule has 0 aliphatic rings. The Bertz CT molecular complexity index is 341. The van der Waals surface area contributed by atoms with Crippen LogP contribution in [0.15, 0.2) is 0 Å². The van der Waals surface area contributed by atoms with Crippen molar-refractivity contribution in [1.29, 1.82) is 0 Å². The zero-order valence-corrected chi connectivity index (χ0v) is 11.3. The predicted octanol–water partition coefficient (Wildman–Crippen LogP) is 0.970. The summed E-state index contributed by atoms with van der Waals surface area (Å²) < 4.78 is 42.2. The quantitative estimate of drug-likeness (QED) is 0.737. The number of carbonyl (C=O) groups is 2. The molecule has 0 fully saturated rings. The normalized spacial score (nSPS) is 16.7. The van der Waals surface area contributed by atoms with Crippen molar-refractivity contribution < 1.29 is 27.5 Å². The van der Waals surface area contributed by atoms with Gasteiger partial charge in [0.2, 0.25) is 5.91 Å². The van der Waals surface area contributed by atoms with Crippen molar-refractivity contribution in [3.05, 3.63) is 0 Å². The molecule has 0 aliphatic heterocycles. The zero-order chi connectivity index (χ0) is 15.4. The molecule has 8 heteroatoms. The molecule has 0 bridgehead atoms. The van der Waals surface area contributed by atoms with Crippen molar-refractivity contribution in [2.45, 2.75) is 44.9 Å². The summed E-state index contributed by atoms with van der Waals surface area (Å²) >= 11 is 0. The Hall–Kier alpha value is -1.31. The first kappa shape index (κ1) is 17.7. The van der Waals surface area contributed by atoms with Crippen LogP contribution in [0.1, 0.15) is 27.2 Å². The van der Waals surface area contributed by atoms with Crippen molar-refractivity contribution in [3.8, 4) is 0 Å². The van der Waals surface area contributed by atoms with E-state index in [0.717, 1.165) is 7.11 Å². The minimum Gasteiger partial charge on any atom is -0.467 e. The van der Waals surface area contributed by atoms with E-state index in [9.17, 15) is 22.8 Å². The molecule has 2 atom stereocenters. The van der Waals surface area contributed by atoms with Gasteiger partial charge in [-0.1, -0.05) is 13.8 Å². The Labute approximate surface area is 109 Å². The maximum atomic E-state index is 12.6. The monoisotopic (exact) mass is 284 g/mol. The number of nitrogens with one attached hydrogen (secondary N) is 1. The van der Waals surface area contributed by atoms with Crippen LogP contribution in [0, 0.1) is 5.92 Å². The highest BCUT2D eigenvalue weighted by Gasteiger charge is 2.54. The number of esters is 1. The van der Waals surface area contributed by atoms with Crippen molar-refractivity contribution in [1.82, 2.24) is 5.32 Å². The molecule has 0 rings (SSSR count). The summed E-state index contributed by atoms with van der Waals surface area (Å²) in [6, 6.07) is -1.15.